The molecule has 3 atom stereocenters. The van der Waals surface area contributed by atoms with E-state index in [0.29, 0.717) is 44.3 Å². The largest absolute Gasteiger partial charge is 0.392 e. The second kappa shape index (κ2) is 16.8. The Morgan fingerprint density at radius 2 is 1.74 bits per heavy atom. The summed E-state index contributed by atoms with van der Waals surface area (Å²) in [6.07, 6.45) is 4.94. The van der Waals surface area contributed by atoms with Crippen LogP contribution in [0.4, 0.5) is 5.69 Å². The predicted molar refractivity (Wildman–Crippen MR) is 162 cm³/mol. The van der Waals surface area contributed by atoms with Crippen LogP contribution in [-0.4, -0.2) is 58.3 Å². The van der Waals surface area contributed by atoms with Crippen LogP contribution in [0.15, 0.2) is 72.9 Å². The number of unbranched alkanes of at least 4 members (excludes halogenated alkanes) is 2. The third-order valence-electron chi connectivity index (χ3n) is 7.48. The molecule has 1 saturated heterocycles. The summed E-state index contributed by atoms with van der Waals surface area (Å²) in [4.78, 5) is 30.4. The standard InChI is InChI=1S/C33H42N4O6/c1-37(19-17-27-9-5-6-18-34-27)22-29-21-30(25-15-13-24(23-38)14-16-25)43-33(42-29)26-8-7-10-28(20-26)35-31(39)11-3-2-4-12-32(40)36-41/h5-10,13-16,18,20,29-30,33,38,41H,2-4,11-12,17,19,21-23H2,1H3,(H,35,39)(H,36,40)/t29-,30+,33+/m0/s1. The number of carbonyl (C=O) groups excluding carboxylic acids is 2. The molecule has 3 aromatic rings. The summed E-state index contributed by atoms with van der Waals surface area (Å²) in [5, 5.41) is 21.0. The number of hydroxylamine groups is 1. The summed E-state index contributed by atoms with van der Waals surface area (Å²) in [5.41, 5.74) is 6.00. The van der Waals surface area contributed by atoms with Crippen LogP contribution in [0, 0.1) is 0 Å². The number of carbonyl (C=O) groups is 2. The van der Waals surface area contributed by atoms with Gasteiger partial charge in [0, 0.05) is 61.9 Å². The molecular formula is C33H42N4O6. The lowest BCUT2D eigenvalue weighted by Crippen LogP contribution is -2.38. The first-order valence-electron chi connectivity index (χ1n) is 14.9. The smallest absolute Gasteiger partial charge is 0.243 e. The van der Waals surface area contributed by atoms with Crippen LogP contribution in [-0.2, 0) is 32.1 Å². The van der Waals surface area contributed by atoms with Crippen molar-refractivity contribution in [3.8, 4) is 0 Å². The van der Waals surface area contributed by atoms with Gasteiger partial charge in [-0.1, -0.05) is 48.9 Å². The van der Waals surface area contributed by atoms with E-state index in [9.17, 15) is 14.7 Å². The molecule has 1 aromatic heterocycles. The lowest BCUT2D eigenvalue weighted by atomic mass is 9.99. The molecule has 0 unspecified atom stereocenters. The van der Waals surface area contributed by atoms with E-state index in [-0.39, 0.29) is 31.1 Å². The quantitative estimate of drug-likeness (QED) is 0.114. The molecule has 1 fully saturated rings. The molecule has 2 heterocycles. The maximum Gasteiger partial charge on any atom is 0.243 e. The number of rotatable bonds is 15. The van der Waals surface area contributed by atoms with Crippen LogP contribution in [0.1, 0.15) is 73.3 Å². The van der Waals surface area contributed by atoms with Crippen molar-refractivity contribution in [2.75, 3.05) is 25.5 Å². The summed E-state index contributed by atoms with van der Waals surface area (Å²) in [6, 6.07) is 21.3. The fourth-order valence-electron chi connectivity index (χ4n) is 5.11. The lowest BCUT2D eigenvalue weighted by Gasteiger charge is -2.38. The molecule has 230 valence electrons. The predicted octanol–water partition coefficient (Wildman–Crippen LogP) is 4.69. The zero-order valence-electron chi connectivity index (χ0n) is 24.7. The maximum atomic E-state index is 12.6. The molecule has 2 amide bonds. The van der Waals surface area contributed by atoms with Crippen LogP contribution in [0.5, 0.6) is 0 Å². The molecule has 4 rings (SSSR count). The summed E-state index contributed by atoms with van der Waals surface area (Å²) in [5.74, 6) is -0.528. The third kappa shape index (κ3) is 10.5. The van der Waals surface area contributed by atoms with E-state index >= 15 is 0 Å². The number of nitrogens with zero attached hydrogens (tertiary/aromatic N) is 2. The van der Waals surface area contributed by atoms with Crippen molar-refractivity contribution in [3.63, 3.8) is 0 Å². The molecule has 0 aliphatic carbocycles. The monoisotopic (exact) mass is 590 g/mol. The normalized spacial score (nSPS) is 18.4. The Morgan fingerprint density at radius 3 is 2.47 bits per heavy atom. The van der Waals surface area contributed by atoms with Crippen molar-refractivity contribution in [2.24, 2.45) is 0 Å². The first kappa shape index (κ1) is 32.2. The van der Waals surface area contributed by atoms with Gasteiger partial charge in [-0.05, 0) is 55.3 Å². The van der Waals surface area contributed by atoms with Gasteiger partial charge in [-0.25, -0.2) is 5.48 Å². The summed E-state index contributed by atoms with van der Waals surface area (Å²) in [6.45, 7) is 1.54. The highest BCUT2D eigenvalue weighted by Gasteiger charge is 2.33. The molecular weight excluding hydrogens is 548 g/mol. The zero-order chi connectivity index (χ0) is 30.4. The van der Waals surface area contributed by atoms with E-state index in [1.54, 1.807) is 5.48 Å². The van der Waals surface area contributed by atoms with Gasteiger partial charge in [-0.3, -0.25) is 19.8 Å². The lowest BCUT2D eigenvalue weighted by molar-refractivity contribution is -0.252. The Morgan fingerprint density at radius 1 is 0.953 bits per heavy atom. The van der Waals surface area contributed by atoms with Crippen molar-refractivity contribution >= 4 is 17.5 Å². The molecule has 0 saturated carbocycles. The summed E-state index contributed by atoms with van der Waals surface area (Å²) in [7, 11) is 2.08. The number of aliphatic hydroxyl groups is 1. The van der Waals surface area contributed by atoms with Gasteiger partial charge in [0.2, 0.25) is 11.8 Å². The topological polar surface area (TPSA) is 133 Å². The molecule has 2 aromatic carbocycles. The Kier molecular flexibility index (Phi) is 12.6. The van der Waals surface area contributed by atoms with Gasteiger partial charge in [0.05, 0.1) is 18.8 Å². The Hall–Kier alpha value is -3.67. The maximum absolute atomic E-state index is 12.6. The number of ether oxygens (including phenoxy) is 2. The number of pyridine rings is 1. The van der Waals surface area contributed by atoms with Crippen LogP contribution in [0.25, 0.3) is 0 Å². The van der Waals surface area contributed by atoms with E-state index in [2.05, 4.69) is 22.2 Å². The molecule has 0 radical (unpaired) electrons. The molecule has 0 spiro atoms. The van der Waals surface area contributed by atoms with Gasteiger partial charge < -0.3 is 24.8 Å². The summed E-state index contributed by atoms with van der Waals surface area (Å²) < 4.78 is 13.0. The van der Waals surface area contributed by atoms with E-state index in [0.717, 1.165) is 35.3 Å². The average molecular weight is 591 g/mol. The molecule has 1 aliphatic heterocycles. The van der Waals surface area contributed by atoms with Crippen molar-refractivity contribution in [1.82, 2.24) is 15.4 Å². The minimum Gasteiger partial charge on any atom is -0.392 e. The highest BCUT2D eigenvalue weighted by atomic mass is 16.7. The van der Waals surface area contributed by atoms with Gasteiger partial charge >= 0.3 is 0 Å². The molecule has 43 heavy (non-hydrogen) atoms. The van der Waals surface area contributed by atoms with Crippen molar-refractivity contribution in [1.29, 1.82) is 0 Å². The third-order valence-corrected chi connectivity index (χ3v) is 7.48. The average Bonchev–Trinajstić information content (AvgIpc) is 3.04. The van der Waals surface area contributed by atoms with Gasteiger partial charge in [-0.2, -0.15) is 0 Å². The highest BCUT2D eigenvalue weighted by molar-refractivity contribution is 5.90. The van der Waals surface area contributed by atoms with Crippen LogP contribution >= 0.6 is 0 Å². The minimum atomic E-state index is -0.625. The van der Waals surface area contributed by atoms with Crippen LogP contribution in [0.3, 0.4) is 0 Å². The van der Waals surface area contributed by atoms with E-state index < -0.39 is 12.2 Å². The molecule has 1 aliphatic rings. The first-order chi connectivity index (χ1) is 20.9. The molecule has 10 heteroatoms. The van der Waals surface area contributed by atoms with Gasteiger partial charge in [0.15, 0.2) is 6.29 Å². The van der Waals surface area contributed by atoms with Crippen molar-refractivity contribution in [2.45, 2.75) is 70.1 Å². The number of hydrogen-bond donors (Lipinski definition) is 4. The van der Waals surface area contributed by atoms with Crippen LogP contribution in [0.2, 0.25) is 0 Å². The Labute approximate surface area is 253 Å². The van der Waals surface area contributed by atoms with E-state index in [1.165, 1.54) is 0 Å². The second-order valence-corrected chi connectivity index (χ2v) is 11.0. The Balaban J connectivity index is 1.39. The molecule has 4 N–H and O–H groups in total. The van der Waals surface area contributed by atoms with E-state index in [1.807, 2.05) is 72.9 Å². The first-order valence-corrected chi connectivity index (χ1v) is 14.9. The van der Waals surface area contributed by atoms with Crippen molar-refractivity contribution < 1.29 is 29.4 Å². The number of amides is 2. The number of nitrogens with one attached hydrogen (secondary N) is 2. The SMILES string of the molecule is CN(CCc1ccccn1)C[C@@H]1C[C@H](c2ccc(CO)cc2)O[C@H](c2cccc(NC(=O)CCCCCC(=O)NO)c2)O1. The van der Waals surface area contributed by atoms with Crippen LogP contribution < -0.4 is 10.8 Å². The molecule has 10 nitrogen and oxygen atoms in total. The number of aliphatic hydroxyl groups excluding tert-OH is 1. The number of likely N-dealkylation sites (N-methyl/N-ethyl adjacent to an activating group) is 1. The molecule has 0 bridgehead atoms. The van der Waals surface area contributed by atoms with Crippen molar-refractivity contribution in [3.05, 3.63) is 95.3 Å². The number of anilines is 1. The minimum absolute atomic E-state index is 0.0133. The van der Waals surface area contributed by atoms with Gasteiger partial charge in [-0.15, -0.1) is 0 Å². The zero-order valence-corrected chi connectivity index (χ0v) is 24.7. The second-order valence-electron chi connectivity index (χ2n) is 11.0. The number of aromatic nitrogens is 1. The highest BCUT2D eigenvalue weighted by Crippen LogP contribution is 2.38. The fourth-order valence-corrected chi connectivity index (χ4v) is 5.11. The van der Waals surface area contributed by atoms with Gasteiger partial charge in [0.25, 0.3) is 0 Å². The Bertz CT molecular complexity index is 1290. The van der Waals surface area contributed by atoms with E-state index in [4.69, 9.17) is 14.7 Å². The van der Waals surface area contributed by atoms with Gasteiger partial charge in [0.1, 0.15) is 0 Å². The number of hydrogen-bond acceptors (Lipinski definition) is 8. The number of benzene rings is 2. The summed E-state index contributed by atoms with van der Waals surface area (Å²) >= 11 is 0. The fraction of sp³-hybridized carbons (Fsp3) is 0.424.